The molecule has 2 aromatic rings. The van der Waals surface area contributed by atoms with E-state index in [2.05, 4.69) is 5.32 Å². The van der Waals surface area contributed by atoms with Crippen molar-refractivity contribution < 1.29 is 28.6 Å². The molecule has 178 valence electrons. The number of ether oxygens (including phenoxy) is 2. The molecule has 1 spiro atoms. The molecule has 0 radical (unpaired) electrons. The Morgan fingerprint density at radius 2 is 2.12 bits per heavy atom. The molecule has 1 aromatic heterocycles. The van der Waals surface area contributed by atoms with Gasteiger partial charge in [-0.2, -0.15) is 5.10 Å². The Balaban J connectivity index is 1.56. The zero-order valence-electron chi connectivity index (χ0n) is 19.1. The number of nitrogens with zero attached hydrogens (tertiary/aromatic N) is 2. The number of benzene rings is 1. The number of hydrogen-bond donors (Lipinski definition) is 2. The molecule has 2 aliphatic rings. The highest BCUT2D eigenvalue weighted by Crippen LogP contribution is 2.37. The van der Waals surface area contributed by atoms with Crippen LogP contribution in [-0.2, 0) is 30.5 Å². The molecular formula is C24H30FN3O5. The predicted molar refractivity (Wildman–Crippen MR) is 118 cm³/mol. The highest BCUT2D eigenvalue weighted by Gasteiger charge is 2.39. The molecule has 0 bridgehead atoms. The number of carboxylic acids is 1. The molecule has 2 aliphatic heterocycles. The van der Waals surface area contributed by atoms with Crippen molar-refractivity contribution >= 4 is 11.9 Å². The van der Waals surface area contributed by atoms with Crippen LogP contribution in [0.2, 0.25) is 0 Å². The summed E-state index contributed by atoms with van der Waals surface area (Å²) in [5, 5.41) is 17.1. The van der Waals surface area contributed by atoms with Crippen molar-refractivity contribution in [2.45, 2.75) is 52.0 Å². The van der Waals surface area contributed by atoms with Gasteiger partial charge in [-0.15, -0.1) is 0 Å². The van der Waals surface area contributed by atoms with Gasteiger partial charge in [0.1, 0.15) is 5.56 Å². The summed E-state index contributed by atoms with van der Waals surface area (Å²) in [5.41, 5.74) is 2.57. The van der Waals surface area contributed by atoms with Crippen LogP contribution in [-0.4, -0.2) is 53.6 Å². The molecule has 9 heteroatoms. The van der Waals surface area contributed by atoms with Crippen LogP contribution < -0.4 is 10.1 Å². The number of nitrogens with one attached hydrogen (secondary N) is 1. The number of aromatic carboxylic acids is 1. The van der Waals surface area contributed by atoms with E-state index in [9.17, 15) is 19.1 Å². The zero-order chi connectivity index (χ0) is 23.6. The van der Waals surface area contributed by atoms with Crippen molar-refractivity contribution in [3.8, 4) is 5.75 Å². The SMILES string of the molecule is CCc1nn(CCCc2ccc(C(=O)O)c(OC)c2F)c2c1C(=O)NCC1(CCOCC1)C2. The van der Waals surface area contributed by atoms with E-state index in [1.165, 1.54) is 19.2 Å². The van der Waals surface area contributed by atoms with E-state index in [1.807, 2.05) is 11.6 Å². The van der Waals surface area contributed by atoms with Gasteiger partial charge in [-0.3, -0.25) is 9.48 Å². The molecule has 1 amide bonds. The van der Waals surface area contributed by atoms with Gasteiger partial charge in [0.05, 0.1) is 24.1 Å². The highest BCUT2D eigenvalue weighted by atomic mass is 19.1. The van der Waals surface area contributed by atoms with Crippen LogP contribution in [0, 0.1) is 11.2 Å². The summed E-state index contributed by atoms with van der Waals surface area (Å²) < 4.78 is 27.3. The predicted octanol–water partition coefficient (Wildman–Crippen LogP) is 3.01. The van der Waals surface area contributed by atoms with E-state index in [-0.39, 0.29) is 22.6 Å². The van der Waals surface area contributed by atoms with Crippen LogP contribution in [0.15, 0.2) is 12.1 Å². The van der Waals surface area contributed by atoms with Gasteiger partial charge >= 0.3 is 5.97 Å². The molecule has 2 N–H and O–H groups in total. The molecule has 1 fully saturated rings. The second-order valence-corrected chi connectivity index (χ2v) is 8.85. The summed E-state index contributed by atoms with van der Waals surface area (Å²) in [4.78, 5) is 24.2. The van der Waals surface area contributed by atoms with Gasteiger partial charge in [-0.05, 0) is 55.6 Å². The maximum absolute atomic E-state index is 14.8. The Kier molecular flexibility index (Phi) is 6.69. The average molecular weight is 460 g/mol. The number of hydrogen-bond acceptors (Lipinski definition) is 5. The number of carboxylic acid groups (broad SMARTS) is 1. The number of methoxy groups -OCH3 is 1. The van der Waals surface area contributed by atoms with Crippen LogP contribution in [0.3, 0.4) is 0 Å². The van der Waals surface area contributed by atoms with Gasteiger partial charge < -0.3 is 19.9 Å². The first-order chi connectivity index (χ1) is 15.9. The summed E-state index contributed by atoms with van der Waals surface area (Å²) in [5.74, 6) is -2.20. The van der Waals surface area contributed by atoms with E-state index in [1.54, 1.807) is 0 Å². The minimum atomic E-state index is -1.23. The lowest BCUT2D eigenvalue weighted by atomic mass is 9.76. The summed E-state index contributed by atoms with van der Waals surface area (Å²) in [7, 11) is 1.26. The van der Waals surface area contributed by atoms with Gasteiger partial charge in [-0.1, -0.05) is 13.0 Å². The minimum absolute atomic E-state index is 0.0336. The van der Waals surface area contributed by atoms with Crippen molar-refractivity contribution in [2.24, 2.45) is 5.41 Å². The zero-order valence-corrected chi connectivity index (χ0v) is 19.1. The standard InChI is InChI=1S/C24H30FN3O5/c1-3-17-19-18(13-24(14-26-22(19)29)8-11-33-12-9-24)28(27-17)10-4-5-15-6-7-16(23(30)31)21(32-2)20(15)25/h6-7H,3-5,8-14H2,1-2H3,(H,26,29)(H,30,31). The Morgan fingerprint density at radius 3 is 2.79 bits per heavy atom. The lowest BCUT2D eigenvalue weighted by molar-refractivity contribution is 0.0152. The maximum atomic E-state index is 14.8. The normalized spacial score (nSPS) is 17.4. The minimum Gasteiger partial charge on any atom is -0.493 e. The van der Waals surface area contributed by atoms with Crippen molar-refractivity contribution in [3.63, 3.8) is 0 Å². The number of aryl methyl sites for hydroxylation is 3. The van der Waals surface area contributed by atoms with E-state index in [0.717, 1.165) is 30.7 Å². The van der Waals surface area contributed by atoms with E-state index in [0.29, 0.717) is 56.7 Å². The topological polar surface area (TPSA) is 103 Å². The third kappa shape index (κ3) is 4.46. The lowest BCUT2D eigenvalue weighted by Gasteiger charge is -2.36. The fourth-order valence-electron chi connectivity index (χ4n) is 4.93. The third-order valence-corrected chi connectivity index (χ3v) is 6.84. The largest absolute Gasteiger partial charge is 0.493 e. The number of rotatable bonds is 7. The molecule has 0 unspecified atom stereocenters. The molecule has 1 saturated heterocycles. The quantitative estimate of drug-likeness (QED) is 0.660. The molecule has 3 heterocycles. The van der Waals surface area contributed by atoms with Crippen LogP contribution >= 0.6 is 0 Å². The van der Waals surface area contributed by atoms with E-state index >= 15 is 0 Å². The van der Waals surface area contributed by atoms with Crippen LogP contribution in [0.4, 0.5) is 4.39 Å². The number of aromatic nitrogens is 2. The van der Waals surface area contributed by atoms with Gasteiger partial charge in [0.2, 0.25) is 0 Å². The molecule has 4 rings (SSSR count). The fraction of sp³-hybridized carbons (Fsp3) is 0.542. The Hall–Kier alpha value is -2.94. The van der Waals surface area contributed by atoms with Crippen LogP contribution in [0.25, 0.3) is 0 Å². The molecule has 1 aromatic carbocycles. The van der Waals surface area contributed by atoms with Crippen molar-refractivity contribution in [3.05, 3.63) is 46.0 Å². The highest BCUT2D eigenvalue weighted by molar-refractivity contribution is 5.97. The van der Waals surface area contributed by atoms with Crippen molar-refractivity contribution in [1.82, 2.24) is 15.1 Å². The molecule has 8 nitrogen and oxygen atoms in total. The van der Waals surface area contributed by atoms with Gasteiger partial charge in [-0.25, -0.2) is 9.18 Å². The summed E-state index contributed by atoms with van der Waals surface area (Å²) in [6, 6.07) is 2.86. The maximum Gasteiger partial charge on any atom is 0.339 e. The number of carbonyl (C=O) groups is 2. The van der Waals surface area contributed by atoms with Crippen molar-refractivity contribution in [2.75, 3.05) is 26.9 Å². The summed E-state index contributed by atoms with van der Waals surface area (Å²) in [6.07, 6.45) is 4.17. The smallest absolute Gasteiger partial charge is 0.339 e. The number of fused-ring (bicyclic) bond motifs is 1. The van der Waals surface area contributed by atoms with Crippen LogP contribution in [0.5, 0.6) is 5.75 Å². The second kappa shape index (κ2) is 9.51. The van der Waals surface area contributed by atoms with Crippen LogP contribution in [0.1, 0.15) is 63.9 Å². The van der Waals surface area contributed by atoms with Gasteiger partial charge in [0, 0.05) is 26.3 Å². The third-order valence-electron chi connectivity index (χ3n) is 6.84. The van der Waals surface area contributed by atoms with Crippen molar-refractivity contribution in [1.29, 1.82) is 0 Å². The molecule has 33 heavy (non-hydrogen) atoms. The first-order valence-corrected chi connectivity index (χ1v) is 11.4. The number of halogens is 1. The van der Waals surface area contributed by atoms with Gasteiger partial charge in [0.15, 0.2) is 11.6 Å². The summed E-state index contributed by atoms with van der Waals surface area (Å²) in [6.45, 7) is 4.53. The summed E-state index contributed by atoms with van der Waals surface area (Å²) >= 11 is 0. The molecular weight excluding hydrogens is 429 g/mol. The monoisotopic (exact) mass is 459 g/mol. The first kappa shape index (κ1) is 23.2. The fourth-order valence-corrected chi connectivity index (χ4v) is 4.93. The molecule has 0 saturated carbocycles. The Bertz CT molecular complexity index is 1060. The molecule has 0 aliphatic carbocycles. The number of amides is 1. The molecule has 0 atom stereocenters. The second-order valence-electron chi connectivity index (χ2n) is 8.85. The van der Waals surface area contributed by atoms with Gasteiger partial charge in [0.25, 0.3) is 5.91 Å². The Morgan fingerprint density at radius 1 is 1.36 bits per heavy atom. The lowest BCUT2D eigenvalue weighted by Crippen LogP contribution is -2.40. The first-order valence-electron chi connectivity index (χ1n) is 11.4. The number of carbonyl (C=O) groups excluding carboxylic acids is 1. The van der Waals surface area contributed by atoms with E-state index < -0.39 is 11.8 Å². The average Bonchev–Trinajstić information content (AvgIpc) is 3.08. The van der Waals surface area contributed by atoms with E-state index in [4.69, 9.17) is 14.6 Å². The Labute approximate surface area is 192 Å².